The van der Waals surface area contributed by atoms with Crippen LogP contribution in [0.2, 0.25) is 0 Å². The number of aryl methyl sites for hydroxylation is 1. The largest absolute Gasteiger partial charge is 0.340 e. The van der Waals surface area contributed by atoms with Gasteiger partial charge in [-0.15, -0.1) is 11.3 Å². The number of rotatable bonds is 4. The Hall–Kier alpha value is -1.73. The molecule has 0 aliphatic carbocycles. The van der Waals surface area contributed by atoms with Crippen molar-refractivity contribution < 1.29 is 9.59 Å². The molecule has 0 aliphatic heterocycles. The van der Waals surface area contributed by atoms with Crippen LogP contribution in [0, 0.1) is 6.92 Å². The van der Waals surface area contributed by atoms with Crippen molar-refractivity contribution in [2.75, 3.05) is 5.32 Å². The van der Waals surface area contributed by atoms with Crippen LogP contribution in [0.15, 0.2) is 34.1 Å². The minimum absolute atomic E-state index is 0.273. The average molecular weight is 368 g/mol. The number of hydrogen-bond acceptors (Lipinski definition) is 4. The highest BCUT2D eigenvalue weighted by Crippen LogP contribution is 2.21. The number of carbonyl (C=O) groups excluding carboxylic acids is 2. The highest BCUT2D eigenvalue weighted by atomic mass is 79.9. The Morgan fingerprint density at radius 2 is 2.05 bits per heavy atom. The summed E-state index contributed by atoms with van der Waals surface area (Å²) in [5, 5.41) is 5.33. The minimum Gasteiger partial charge on any atom is -0.340 e. The van der Waals surface area contributed by atoms with E-state index in [4.69, 9.17) is 0 Å². The number of pyridine rings is 1. The van der Waals surface area contributed by atoms with E-state index in [0.717, 1.165) is 9.48 Å². The molecule has 2 N–H and O–H groups in total. The number of anilines is 1. The van der Waals surface area contributed by atoms with E-state index in [1.54, 1.807) is 25.1 Å². The molecule has 2 aromatic heterocycles. The van der Waals surface area contributed by atoms with Gasteiger partial charge >= 0.3 is 0 Å². The molecule has 0 radical (unpaired) electrons. The first-order valence-electron chi connectivity index (χ1n) is 6.26. The average Bonchev–Trinajstić information content (AvgIpc) is 2.85. The molecule has 0 saturated heterocycles. The molecule has 2 rings (SSSR count). The Morgan fingerprint density at radius 1 is 1.29 bits per heavy atom. The van der Waals surface area contributed by atoms with E-state index in [1.807, 2.05) is 19.1 Å². The molecule has 1 atom stereocenters. The predicted octanol–water partition coefficient (Wildman–Crippen LogP) is 2.97. The van der Waals surface area contributed by atoms with Crippen molar-refractivity contribution in [1.29, 1.82) is 0 Å². The Kier molecular flexibility index (Phi) is 5.08. The third-order valence-electron chi connectivity index (χ3n) is 2.68. The van der Waals surface area contributed by atoms with E-state index in [9.17, 15) is 9.59 Å². The first-order chi connectivity index (χ1) is 9.95. The predicted molar refractivity (Wildman–Crippen MR) is 86.6 cm³/mol. The van der Waals surface area contributed by atoms with Crippen LogP contribution < -0.4 is 10.6 Å². The number of thiophene rings is 1. The zero-order chi connectivity index (χ0) is 15.4. The molecule has 0 bridgehead atoms. The van der Waals surface area contributed by atoms with Crippen LogP contribution in [-0.4, -0.2) is 22.8 Å². The number of hydrogen-bond donors (Lipinski definition) is 2. The first-order valence-corrected chi connectivity index (χ1v) is 7.87. The highest BCUT2D eigenvalue weighted by molar-refractivity contribution is 9.11. The molecule has 0 spiro atoms. The quantitative estimate of drug-likeness (QED) is 0.872. The second-order valence-corrected chi connectivity index (χ2v) is 6.92. The van der Waals surface area contributed by atoms with Gasteiger partial charge < -0.3 is 10.6 Å². The van der Waals surface area contributed by atoms with Gasteiger partial charge in [-0.05, 0) is 54.0 Å². The van der Waals surface area contributed by atoms with Crippen LogP contribution in [-0.2, 0) is 4.79 Å². The minimum atomic E-state index is -0.652. The van der Waals surface area contributed by atoms with Gasteiger partial charge in [0.2, 0.25) is 5.91 Å². The monoisotopic (exact) mass is 367 g/mol. The maximum Gasteiger partial charge on any atom is 0.262 e. The Balaban J connectivity index is 1.95. The topological polar surface area (TPSA) is 71.1 Å². The number of aromatic nitrogens is 1. The van der Waals surface area contributed by atoms with Gasteiger partial charge in [-0.2, -0.15) is 0 Å². The number of carbonyl (C=O) groups is 2. The third-order valence-corrected chi connectivity index (χ3v) is 4.30. The fourth-order valence-electron chi connectivity index (χ4n) is 1.62. The van der Waals surface area contributed by atoms with Gasteiger partial charge in [0.25, 0.3) is 5.91 Å². The number of nitrogens with zero attached hydrogens (tertiary/aromatic N) is 1. The molecule has 2 aromatic rings. The number of nitrogens with one attached hydrogen (secondary N) is 2. The summed E-state index contributed by atoms with van der Waals surface area (Å²) in [5.41, 5.74) is 0.813. The van der Waals surface area contributed by atoms with Crippen molar-refractivity contribution >= 4 is 44.9 Å². The first kappa shape index (κ1) is 15.7. The molecular weight excluding hydrogens is 354 g/mol. The van der Waals surface area contributed by atoms with E-state index >= 15 is 0 Å². The molecule has 0 aromatic carbocycles. The zero-order valence-electron chi connectivity index (χ0n) is 11.5. The van der Waals surface area contributed by atoms with Crippen molar-refractivity contribution in [3.05, 3.63) is 44.7 Å². The molecule has 1 unspecified atom stereocenters. The van der Waals surface area contributed by atoms with Crippen LogP contribution in [0.1, 0.15) is 22.3 Å². The Labute approximate surface area is 134 Å². The molecular formula is C14H14BrN3O2S. The Morgan fingerprint density at radius 3 is 2.67 bits per heavy atom. The van der Waals surface area contributed by atoms with Gasteiger partial charge in [-0.3, -0.25) is 9.59 Å². The lowest BCUT2D eigenvalue weighted by Crippen LogP contribution is -2.41. The summed E-state index contributed by atoms with van der Waals surface area (Å²) in [4.78, 5) is 28.7. The molecule has 0 fully saturated rings. The lowest BCUT2D eigenvalue weighted by Gasteiger charge is -2.13. The van der Waals surface area contributed by atoms with Gasteiger partial charge in [-0.25, -0.2) is 4.98 Å². The van der Waals surface area contributed by atoms with Crippen molar-refractivity contribution in [3.8, 4) is 0 Å². The fraction of sp³-hybridized carbons (Fsp3) is 0.214. The second-order valence-electron chi connectivity index (χ2n) is 4.45. The number of amides is 2. The van der Waals surface area contributed by atoms with Crippen LogP contribution >= 0.6 is 27.3 Å². The maximum atomic E-state index is 12.0. The van der Waals surface area contributed by atoms with E-state index in [0.29, 0.717) is 10.7 Å². The SMILES string of the molecule is Cc1cccc(NC(=O)C(C)NC(=O)c2ccc(Br)s2)n1. The van der Waals surface area contributed by atoms with Gasteiger partial charge in [0.05, 0.1) is 8.66 Å². The molecule has 2 heterocycles. The van der Waals surface area contributed by atoms with Crippen LogP contribution in [0.25, 0.3) is 0 Å². The van der Waals surface area contributed by atoms with Crippen molar-refractivity contribution in [2.24, 2.45) is 0 Å². The standard InChI is InChI=1S/C14H14BrN3O2S/c1-8-4-3-5-12(16-8)18-13(19)9(2)17-14(20)10-6-7-11(15)21-10/h3-7,9H,1-2H3,(H,17,20)(H,16,18,19). The molecule has 0 aliphatic rings. The highest BCUT2D eigenvalue weighted by Gasteiger charge is 2.18. The van der Waals surface area contributed by atoms with Gasteiger partial charge in [-0.1, -0.05) is 6.07 Å². The van der Waals surface area contributed by atoms with Crippen LogP contribution in [0.3, 0.4) is 0 Å². The van der Waals surface area contributed by atoms with E-state index in [2.05, 4.69) is 31.5 Å². The lowest BCUT2D eigenvalue weighted by molar-refractivity contribution is -0.117. The fourth-order valence-corrected chi connectivity index (χ4v) is 2.91. The summed E-state index contributed by atoms with van der Waals surface area (Å²) in [6, 6.07) is 8.20. The summed E-state index contributed by atoms with van der Waals surface area (Å²) in [5.74, 6) is -0.109. The summed E-state index contributed by atoms with van der Waals surface area (Å²) >= 11 is 4.61. The number of halogens is 1. The van der Waals surface area contributed by atoms with Gasteiger partial charge in [0.1, 0.15) is 11.9 Å². The normalized spacial score (nSPS) is 11.8. The zero-order valence-corrected chi connectivity index (χ0v) is 13.9. The molecule has 21 heavy (non-hydrogen) atoms. The van der Waals surface area contributed by atoms with E-state index in [1.165, 1.54) is 11.3 Å². The summed E-state index contributed by atoms with van der Waals surface area (Å²) in [7, 11) is 0. The summed E-state index contributed by atoms with van der Waals surface area (Å²) in [6.45, 7) is 3.47. The molecule has 110 valence electrons. The van der Waals surface area contributed by atoms with Crippen molar-refractivity contribution in [3.63, 3.8) is 0 Å². The smallest absolute Gasteiger partial charge is 0.262 e. The molecule has 2 amide bonds. The molecule has 0 saturated carbocycles. The maximum absolute atomic E-state index is 12.0. The second kappa shape index (κ2) is 6.82. The van der Waals surface area contributed by atoms with Gasteiger partial charge in [0.15, 0.2) is 0 Å². The van der Waals surface area contributed by atoms with Crippen molar-refractivity contribution in [2.45, 2.75) is 19.9 Å². The van der Waals surface area contributed by atoms with Crippen molar-refractivity contribution in [1.82, 2.24) is 10.3 Å². The molecule has 5 nitrogen and oxygen atoms in total. The van der Waals surface area contributed by atoms with Gasteiger partial charge in [0, 0.05) is 5.69 Å². The van der Waals surface area contributed by atoms with Crippen LogP contribution in [0.5, 0.6) is 0 Å². The summed E-state index contributed by atoms with van der Waals surface area (Å²) < 4.78 is 0.869. The van der Waals surface area contributed by atoms with E-state index in [-0.39, 0.29) is 11.8 Å². The van der Waals surface area contributed by atoms with Crippen LogP contribution in [0.4, 0.5) is 5.82 Å². The summed E-state index contributed by atoms with van der Waals surface area (Å²) in [6.07, 6.45) is 0. The molecule has 7 heteroatoms. The van der Waals surface area contributed by atoms with E-state index < -0.39 is 6.04 Å². The lowest BCUT2D eigenvalue weighted by atomic mass is 10.3. The third kappa shape index (κ3) is 4.37. The Bertz CT molecular complexity index is 672.